The minimum absolute atomic E-state index is 0.262. The van der Waals surface area contributed by atoms with E-state index in [2.05, 4.69) is 16.8 Å². The van der Waals surface area contributed by atoms with Crippen LogP contribution < -0.4 is 5.73 Å². The number of rotatable bonds is 3. The van der Waals surface area contributed by atoms with Gasteiger partial charge in [-0.05, 0) is 29.8 Å². The Hall–Kier alpha value is -1.94. The highest BCUT2D eigenvalue weighted by molar-refractivity contribution is 5.78. The van der Waals surface area contributed by atoms with Gasteiger partial charge in [0.05, 0.1) is 11.9 Å². The molecule has 1 heterocycles. The SMILES string of the molecule is C=C(CN)c1cn[nH]c1-c1ccc(F)cc1. The number of hydrogen-bond acceptors (Lipinski definition) is 2. The third-order valence-corrected chi connectivity index (χ3v) is 2.40. The van der Waals surface area contributed by atoms with Crippen molar-refractivity contribution >= 4 is 5.57 Å². The van der Waals surface area contributed by atoms with Gasteiger partial charge in [0.2, 0.25) is 0 Å². The largest absolute Gasteiger partial charge is 0.326 e. The average molecular weight is 217 g/mol. The van der Waals surface area contributed by atoms with Crippen molar-refractivity contribution < 1.29 is 4.39 Å². The molecular weight excluding hydrogens is 205 g/mol. The second kappa shape index (κ2) is 4.28. The first-order chi connectivity index (χ1) is 7.72. The van der Waals surface area contributed by atoms with Crippen LogP contribution in [0.3, 0.4) is 0 Å². The van der Waals surface area contributed by atoms with Crippen LogP contribution in [0.1, 0.15) is 5.56 Å². The molecule has 3 N–H and O–H groups in total. The third-order valence-electron chi connectivity index (χ3n) is 2.40. The van der Waals surface area contributed by atoms with Gasteiger partial charge in [0.1, 0.15) is 5.82 Å². The van der Waals surface area contributed by atoms with Crippen LogP contribution in [0, 0.1) is 5.82 Å². The molecule has 0 aliphatic carbocycles. The van der Waals surface area contributed by atoms with Crippen LogP contribution in [0.25, 0.3) is 16.8 Å². The van der Waals surface area contributed by atoms with Crippen LogP contribution in [0.5, 0.6) is 0 Å². The number of hydrogen-bond donors (Lipinski definition) is 2. The molecule has 1 aromatic carbocycles. The van der Waals surface area contributed by atoms with Gasteiger partial charge in [-0.3, -0.25) is 5.10 Å². The molecule has 82 valence electrons. The highest BCUT2D eigenvalue weighted by Crippen LogP contribution is 2.25. The van der Waals surface area contributed by atoms with Gasteiger partial charge in [0, 0.05) is 17.7 Å². The Morgan fingerprint density at radius 2 is 2.06 bits per heavy atom. The molecule has 0 saturated carbocycles. The lowest BCUT2D eigenvalue weighted by Gasteiger charge is -2.04. The normalized spacial score (nSPS) is 10.4. The maximum absolute atomic E-state index is 12.8. The Morgan fingerprint density at radius 3 is 2.69 bits per heavy atom. The molecule has 2 aromatic rings. The van der Waals surface area contributed by atoms with E-state index in [9.17, 15) is 4.39 Å². The molecule has 0 aliphatic heterocycles. The van der Waals surface area contributed by atoms with E-state index in [1.807, 2.05) is 0 Å². The summed E-state index contributed by atoms with van der Waals surface area (Å²) in [5, 5.41) is 6.82. The number of H-pyrrole nitrogens is 1. The van der Waals surface area contributed by atoms with Crippen LogP contribution in [0.15, 0.2) is 37.0 Å². The zero-order valence-corrected chi connectivity index (χ0v) is 8.70. The second-order valence-electron chi connectivity index (χ2n) is 3.47. The van der Waals surface area contributed by atoms with E-state index in [0.717, 1.165) is 22.4 Å². The van der Waals surface area contributed by atoms with Crippen LogP contribution in [-0.2, 0) is 0 Å². The predicted octanol–water partition coefficient (Wildman–Crippen LogP) is 2.19. The summed E-state index contributed by atoms with van der Waals surface area (Å²) in [7, 11) is 0. The summed E-state index contributed by atoms with van der Waals surface area (Å²) in [6, 6.07) is 6.20. The van der Waals surface area contributed by atoms with Gasteiger partial charge in [-0.25, -0.2) is 4.39 Å². The molecule has 2 rings (SSSR count). The minimum Gasteiger partial charge on any atom is -0.326 e. The van der Waals surface area contributed by atoms with Crippen molar-refractivity contribution in [2.75, 3.05) is 6.54 Å². The Bertz CT molecular complexity index is 499. The fourth-order valence-electron chi connectivity index (χ4n) is 1.50. The first-order valence-corrected chi connectivity index (χ1v) is 4.90. The maximum Gasteiger partial charge on any atom is 0.123 e. The van der Waals surface area contributed by atoms with Gasteiger partial charge in [0.25, 0.3) is 0 Å². The van der Waals surface area contributed by atoms with Gasteiger partial charge < -0.3 is 5.73 Å². The van der Waals surface area contributed by atoms with E-state index in [4.69, 9.17) is 5.73 Å². The number of aromatic nitrogens is 2. The van der Waals surface area contributed by atoms with Gasteiger partial charge in [-0.1, -0.05) is 6.58 Å². The number of halogens is 1. The van der Waals surface area contributed by atoms with E-state index in [1.54, 1.807) is 18.3 Å². The van der Waals surface area contributed by atoms with Crippen molar-refractivity contribution in [2.24, 2.45) is 5.73 Å². The van der Waals surface area contributed by atoms with E-state index in [-0.39, 0.29) is 5.82 Å². The van der Waals surface area contributed by atoms with Crippen molar-refractivity contribution in [3.8, 4) is 11.3 Å². The number of nitrogens with two attached hydrogens (primary N) is 1. The molecular formula is C12H12FN3. The molecule has 0 fully saturated rings. The van der Waals surface area contributed by atoms with Crippen LogP contribution in [-0.4, -0.2) is 16.7 Å². The first kappa shape index (κ1) is 10.6. The van der Waals surface area contributed by atoms with E-state index in [1.165, 1.54) is 12.1 Å². The molecule has 0 bridgehead atoms. The Kier molecular flexibility index (Phi) is 2.83. The zero-order valence-electron chi connectivity index (χ0n) is 8.70. The van der Waals surface area contributed by atoms with Crippen molar-refractivity contribution in [2.45, 2.75) is 0 Å². The summed E-state index contributed by atoms with van der Waals surface area (Å²) in [6.45, 7) is 4.23. The molecule has 0 atom stereocenters. The van der Waals surface area contributed by atoms with E-state index >= 15 is 0 Å². The highest BCUT2D eigenvalue weighted by atomic mass is 19.1. The maximum atomic E-state index is 12.8. The number of nitrogens with zero attached hydrogens (tertiary/aromatic N) is 1. The van der Waals surface area contributed by atoms with Gasteiger partial charge in [-0.15, -0.1) is 0 Å². The topological polar surface area (TPSA) is 54.7 Å². The van der Waals surface area contributed by atoms with Crippen molar-refractivity contribution in [1.29, 1.82) is 0 Å². The summed E-state index contributed by atoms with van der Waals surface area (Å²) >= 11 is 0. The van der Waals surface area contributed by atoms with E-state index in [0.29, 0.717) is 6.54 Å². The monoisotopic (exact) mass is 217 g/mol. The molecule has 0 amide bonds. The lowest BCUT2D eigenvalue weighted by atomic mass is 10.0. The van der Waals surface area contributed by atoms with Crippen molar-refractivity contribution in [3.63, 3.8) is 0 Å². The Balaban J connectivity index is 2.44. The fourth-order valence-corrected chi connectivity index (χ4v) is 1.50. The molecule has 0 spiro atoms. The summed E-state index contributed by atoms with van der Waals surface area (Å²) < 4.78 is 12.8. The summed E-state index contributed by atoms with van der Waals surface area (Å²) in [4.78, 5) is 0. The van der Waals surface area contributed by atoms with Gasteiger partial charge in [0.15, 0.2) is 0 Å². The summed E-state index contributed by atoms with van der Waals surface area (Å²) in [5.74, 6) is -0.262. The van der Waals surface area contributed by atoms with Crippen molar-refractivity contribution in [1.82, 2.24) is 10.2 Å². The van der Waals surface area contributed by atoms with Crippen LogP contribution in [0.2, 0.25) is 0 Å². The number of aromatic amines is 1. The molecule has 4 heteroatoms. The number of benzene rings is 1. The zero-order chi connectivity index (χ0) is 11.5. The number of nitrogens with one attached hydrogen (secondary N) is 1. The summed E-state index contributed by atoms with van der Waals surface area (Å²) in [5.41, 5.74) is 8.88. The van der Waals surface area contributed by atoms with Crippen molar-refractivity contribution in [3.05, 3.63) is 48.4 Å². The first-order valence-electron chi connectivity index (χ1n) is 4.90. The lowest BCUT2D eigenvalue weighted by molar-refractivity contribution is 0.628. The Labute approximate surface area is 92.8 Å². The van der Waals surface area contributed by atoms with E-state index < -0.39 is 0 Å². The second-order valence-corrected chi connectivity index (χ2v) is 3.47. The van der Waals surface area contributed by atoms with Gasteiger partial charge in [-0.2, -0.15) is 5.10 Å². The molecule has 1 aromatic heterocycles. The fraction of sp³-hybridized carbons (Fsp3) is 0.0833. The lowest BCUT2D eigenvalue weighted by Crippen LogP contribution is -2.01. The van der Waals surface area contributed by atoms with Crippen LogP contribution in [0.4, 0.5) is 4.39 Å². The molecule has 3 nitrogen and oxygen atoms in total. The molecule has 0 unspecified atom stereocenters. The standard InChI is InChI=1S/C12H12FN3/c1-8(6-14)11-7-15-16-12(11)9-2-4-10(13)5-3-9/h2-5,7H,1,6,14H2,(H,15,16). The minimum atomic E-state index is -0.262. The molecule has 0 aliphatic rings. The molecule has 16 heavy (non-hydrogen) atoms. The third kappa shape index (κ3) is 1.87. The van der Waals surface area contributed by atoms with Gasteiger partial charge >= 0.3 is 0 Å². The Morgan fingerprint density at radius 1 is 1.38 bits per heavy atom. The molecule has 0 radical (unpaired) electrons. The quantitative estimate of drug-likeness (QED) is 0.828. The summed E-state index contributed by atoms with van der Waals surface area (Å²) in [6.07, 6.45) is 1.67. The average Bonchev–Trinajstić information content (AvgIpc) is 2.78. The smallest absolute Gasteiger partial charge is 0.123 e. The highest BCUT2D eigenvalue weighted by Gasteiger charge is 2.09. The predicted molar refractivity (Wildman–Crippen MR) is 62.1 cm³/mol. The molecule has 0 saturated heterocycles. The van der Waals surface area contributed by atoms with Crippen LogP contribution >= 0.6 is 0 Å².